The lowest BCUT2D eigenvalue weighted by atomic mass is 10.1. The Morgan fingerprint density at radius 3 is 2.41 bits per heavy atom. The number of anilines is 3. The van der Waals surface area contributed by atoms with Gasteiger partial charge in [-0.05, 0) is 56.7 Å². The van der Waals surface area contributed by atoms with Gasteiger partial charge in [-0.3, -0.25) is 9.59 Å². The molecule has 4 N–H and O–H groups in total. The highest BCUT2D eigenvalue weighted by atomic mass is 16.2. The molecular formula is C28H37N7O2. The fourth-order valence-corrected chi connectivity index (χ4v) is 3.90. The highest BCUT2D eigenvalue weighted by molar-refractivity contribution is 5.81. The summed E-state index contributed by atoms with van der Waals surface area (Å²) in [5, 5.41) is 6.08. The molecule has 1 fully saturated rings. The van der Waals surface area contributed by atoms with Crippen LogP contribution in [0.15, 0.2) is 66.4 Å². The van der Waals surface area contributed by atoms with E-state index in [4.69, 9.17) is 10.7 Å². The standard InChI is InChI=1S/C28H37N7O2/c1-5-6-23(8-7-20(2)19-31-22(4)36)26-13-14-30-28(33-26)32-24-9-11-25(12-10-24)34-15-17-35(18-16-34)27(37)21(3)29/h5-14,21H,15-19,29H2,1-4H3,(H,31,36)(H,30,32,33)/b6-5-,20-7-,23-8+/t21-/m1/s1. The van der Waals surface area contributed by atoms with E-state index in [0.29, 0.717) is 25.6 Å². The van der Waals surface area contributed by atoms with Crippen molar-refractivity contribution >= 4 is 34.7 Å². The third kappa shape index (κ3) is 8.28. The van der Waals surface area contributed by atoms with Gasteiger partial charge < -0.3 is 26.2 Å². The fraction of sp³-hybridized carbons (Fsp3) is 0.357. The van der Waals surface area contributed by atoms with E-state index in [1.165, 1.54) is 6.92 Å². The zero-order valence-corrected chi connectivity index (χ0v) is 22.1. The van der Waals surface area contributed by atoms with Crippen LogP contribution in [-0.2, 0) is 9.59 Å². The maximum atomic E-state index is 12.1. The summed E-state index contributed by atoms with van der Waals surface area (Å²) in [6.45, 7) is 10.6. The Labute approximate surface area is 219 Å². The highest BCUT2D eigenvalue weighted by Gasteiger charge is 2.23. The number of benzene rings is 1. The van der Waals surface area contributed by atoms with E-state index in [0.717, 1.165) is 41.3 Å². The number of piperazine rings is 1. The normalized spacial score (nSPS) is 15.6. The molecule has 1 aromatic carbocycles. The fourth-order valence-electron chi connectivity index (χ4n) is 3.90. The lowest BCUT2D eigenvalue weighted by molar-refractivity contribution is -0.132. The molecule has 1 saturated heterocycles. The van der Waals surface area contributed by atoms with Crippen LogP contribution in [0.1, 0.15) is 33.4 Å². The monoisotopic (exact) mass is 503 g/mol. The van der Waals surface area contributed by atoms with Crippen LogP contribution >= 0.6 is 0 Å². The summed E-state index contributed by atoms with van der Waals surface area (Å²) in [5.74, 6) is 0.453. The number of hydrogen-bond donors (Lipinski definition) is 3. The topological polar surface area (TPSA) is 116 Å². The highest BCUT2D eigenvalue weighted by Crippen LogP contribution is 2.22. The minimum Gasteiger partial charge on any atom is -0.368 e. The molecule has 1 aliphatic rings. The van der Waals surface area contributed by atoms with Gasteiger partial charge in [-0.1, -0.05) is 29.9 Å². The van der Waals surface area contributed by atoms with Crippen LogP contribution in [0.4, 0.5) is 17.3 Å². The molecule has 196 valence electrons. The van der Waals surface area contributed by atoms with E-state index in [9.17, 15) is 9.59 Å². The Bertz CT molecular complexity index is 1160. The number of rotatable bonds is 9. The van der Waals surface area contributed by atoms with Crippen molar-refractivity contribution in [2.75, 3.05) is 42.9 Å². The van der Waals surface area contributed by atoms with Crippen molar-refractivity contribution in [3.8, 4) is 0 Å². The second kappa shape index (κ2) is 13.4. The molecule has 0 unspecified atom stereocenters. The number of hydrogen-bond acceptors (Lipinski definition) is 7. The van der Waals surface area contributed by atoms with Crippen molar-refractivity contribution in [2.45, 2.75) is 33.7 Å². The van der Waals surface area contributed by atoms with Gasteiger partial charge in [0.15, 0.2) is 0 Å². The number of aromatic nitrogens is 2. The van der Waals surface area contributed by atoms with Gasteiger partial charge in [0.2, 0.25) is 17.8 Å². The number of amides is 2. The molecule has 0 radical (unpaired) electrons. The Morgan fingerprint density at radius 2 is 1.78 bits per heavy atom. The molecule has 3 rings (SSSR count). The third-order valence-corrected chi connectivity index (χ3v) is 5.93. The zero-order valence-electron chi connectivity index (χ0n) is 22.1. The summed E-state index contributed by atoms with van der Waals surface area (Å²) in [6.07, 6.45) is 9.64. The van der Waals surface area contributed by atoms with E-state index in [2.05, 4.69) is 32.7 Å². The number of nitrogens with zero attached hydrogens (tertiary/aromatic N) is 4. The first-order valence-electron chi connectivity index (χ1n) is 12.5. The van der Waals surface area contributed by atoms with E-state index >= 15 is 0 Å². The Kier molecular flexibility index (Phi) is 9.97. The molecular weight excluding hydrogens is 466 g/mol. The third-order valence-electron chi connectivity index (χ3n) is 5.93. The summed E-state index contributed by atoms with van der Waals surface area (Å²) in [6, 6.07) is 9.53. The largest absolute Gasteiger partial charge is 0.368 e. The molecule has 9 heteroatoms. The van der Waals surface area contributed by atoms with Gasteiger partial charge in [0.1, 0.15) is 0 Å². The summed E-state index contributed by atoms with van der Waals surface area (Å²) in [4.78, 5) is 36.4. The number of allylic oxidation sites excluding steroid dienone is 5. The summed E-state index contributed by atoms with van der Waals surface area (Å²) < 4.78 is 0. The van der Waals surface area contributed by atoms with Crippen molar-refractivity contribution in [1.29, 1.82) is 0 Å². The quantitative estimate of drug-likeness (QED) is 0.450. The predicted octanol–water partition coefficient (Wildman–Crippen LogP) is 3.26. The van der Waals surface area contributed by atoms with Crippen molar-refractivity contribution < 1.29 is 9.59 Å². The van der Waals surface area contributed by atoms with Crippen LogP contribution in [0, 0.1) is 0 Å². The smallest absolute Gasteiger partial charge is 0.239 e. The minimum atomic E-state index is -0.460. The molecule has 2 amide bonds. The van der Waals surface area contributed by atoms with Crippen LogP contribution in [0.5, 0.6) is 0 Å². The van der Waals surface area contributed by atoms with Gasteiger partial charge >= 0.3 is 0 Å². The Hall–Kier alpha value is -3.98. The SMILES string of the molecule is C\C=C/C(=C\C=C(\C)CNC(C)=O)c1ccnc(Nc2ccc(N3CCN(C(=O)[C@@H](C)N)CC3)cc2)n1. The van der Waals surface area contributed by atoms with Crippen molar-refractivity contribution in [3.63, 3.8) is 0 Å². The number of carbonyl (C=O) groups excluding carboxylic acids is 2. The maximum Gasteiger partial charge on any atom is 0.239 e. The summed E-state index contributed by atoms with van der Waals surface area (Å²) in [5.41, 5.74) is 10.5. The lowest BCUT2D eigenvalue weighted by Gasteiger charge is -2.36. The first-order valence-corrected chi connectivity index (χ1v) is 12.5. The van der Waals surface area contributed by atoms with Gasteiger partial charge in [0.05, 0.1) is 11.7 Å². The van der Waals surface area contributed by atoms with E-state index < -0.39 is 6.04 Å². The van der Waals surface area contributed by atoms with Gasteiger partial charge in [-0.25, -0.2) is 9.97 Å². The first kappa shape index (κ1) is 27.6. The molecule has 1 atom stereocenters. The zero-order chi connectivity index (χ0) is 26.8. The van der Waals surface area contributed by atoms with Crippen LogP contribution in [0.2, 0.25) is 0 Å². The lowest BCUT2D eigenvalue weighted by Crippen LogP contribution is -2.52. The molecule has 0 spiro atoms. The molecule has 9 nitrogen and oxygen atoms in total. The van der Waals surface area contributed by atoms with Gasteiger partial charge in [0, 0.05) is 57.2 Å². The van der Waals surface area contributed by atoms with E-state index in [1.807, 2.05) is 61.3 Å². The van der Waals surface area contributed by atoms with Crippen molar-refractivity contribution in [1.82, 2.24) is 20.2 Å². The average molecular weight is 504 g/mol. The molecule has 2 heterocycles. The molecule has 0 saturated carbocycles. The summed E-state index contributed by atoms with van der Waals surface area (Å²) in [7, 11) is 0. The second-order valence-electron chi connectivity index (χ2n) is 9.08. The van der Waals surface area contributed by atoms with Crippen LogP contribution in [-0.4, -0.2) is 65.4 Å². The molecule has 2 aromatic rings. The molecule has 1 aliphatic heterocycles. The van der Waals surface area contributed by atoms with Crippen LogP contribution < -0.4 is 21.3 Å². The predicted molar refractivity (Wildman–Crippen MR) is 149 cm³/mol. The Balaban J connectivity index is 1.65. The van der Waals surface area contributed by atoms with Gasteiger partial charge in [-0.15, -0.1) is 0 Å². The maximum absolute atomic E-state index is 12.1. The number of carbonyl (C=O) groups is 2. The summed E-state index contributed by atoms with van der Waals surface area (Å²) >= 11 is 0. The molecule has 0 aliphatic carbocycles. The number of nitrogens with one attached hydrogen (secondary N) is 2. The van der Waals surface area contributed by atoms with E-state index in [1.54, 1.807) is 13.1 Å². The average Bonchev–Trinajstić information content (AvgIpc) is 2.90. The van der Waals surface area contributed by atoms with Crippen molar-refractivity contribution in [3.05, 3.63) is 72.1 Å². The van der Waals surface area contributed by atoms with Crippen LogP contribution in [0.25, 0.3) is 5.57 Å². The van der Waals surface area contributed by atoms with Gasteiger partial charge in [0.25, 0.3) is 0 Å². The molecule has 1 aromatic heterocycles. The van der Waals surface area contributed by atoms with Crippen molar-refractivity contribution in [2.24, 2.45) is 5.73 Å². The van der Waals surface area contributed by atoms with E-state index in [-0.39, 0.29) is 11.8 Å². The minimum absolute atomic E-state index is 0.00463. The van der Waals surface area contributed by atoms with Gasteiger partial charge in [-0.2, -0.15) is 0 Å². The Morgan fingerprint density at radius 1 is 1.08 bits per heavy atom. The molecule has 37 heavy (non-hydrogen) atoms. The first-order chi connectivity index (χ1) is 17.8. The number of nitrogens with two attached hydrogens (primary N) is 1. The second-order valence-corrected chi connectivity index (χ2v) is 9.08. The molecule has 0 bridgehead atoms. The van der Waals surface area contributed by atoms with Crippen LogP contribution in [0.3, 0.4) is 0 Å².